The van der Waals surface area contributed by atoms with Gasteiger partial charge < -0.3 is 15.5 Å². The number of nitro benzene ring substituents is 1. The first kappa shape index (κ1) is 16.2. The van der Waals surface area contributed by atoms with Crippen molar-refractivity contribution in [3.63, 3.8) is 0 Å². The Bertz CT molecular complexity index is 449. The quantitative estimate of drug-likeness (QED) is 0.566. The van der Waals surface area contributed by atoms with Crippen molar-refractivity contribution >= 4 is 17.1 Å². The highest BCUT2D eigenvalue weighted by Crippen LogP contribution is 2.32. The third-order valence-corrected chi connectivity index (χ3v) is 3.25. The van der Waals surface area contributed by atoms with Gasteiger partial charge in [0.25, 0.3) is 0 Å². The first-order valence-corrected chi connectivity index (χ1v) is 6.89. The van der Waals surface area contributed by atoms with Gasteiger partial charge in [0.05, 0.1) is 4.92 Å². The second-order valence-corrected chi connectivity index (χ2v) is 5.08. The van der Waals surface area contributed by atoms with Crippen LogP contribution in [0.3, 0.4) is 0 Å². The van der Waals surface area contributed by atoms with Crippen LogP contribution in [0.2, 0.25) is 0 Å². The highest BCUT2D eigenvalue weighted by atomic mass is 16.6. The van der Waals surface area contributed by atoms with E-state index in [0.717, 1.165) is 13.0 Å². The van der Waals surface area contributed by atoms with Crippen LogP contribution in [-0.2, 0) is 0 Å². The number of hydrogen-bond acceptors (Lipinski definition) is 5. The van der Waals surface area contributed by atoms with Gasteiger partial charge in [-0.1, -0.05) is 13.0 Å². The molecule has 1 atom stereocenters. The molecular formula is C14H24N4O2. The summed E-state index contributed by atoms with van der Waals surface area (Å²) < 4.78 is 0. The Balaban J connectivity index is 2.91. The lowest BCUT2D eigenvalue weighted by Gasteiger charge is -2.21. The van der Waals surface area contributed by atoms with Crippen molar-refractivity contribution in [2.75, 3.05) is 37.8 Å². The third-order valence-electron chi connectivity index (χ3n) is 3.25. The van der Waals surface area contributed by atoms with E-state index in [-0.39, 0.29) is 10.6 Å². The Morgan fingerprint density at radius 2 is 1.90 bits per heavy atom. The van der Waals surface area contributed by atoms with E-state index in [2.05, 4.69) is 22.5 Å². The molecule has 0 spiro atoms. The van der Waals surface area contributed by atoms with Crippen molar-refractivity contribution < 1.29 is 4.92 Å². The van der Waals surface area contributed by atoms with Crippen LogP contribution >= 0.6 is 0 Å². The lowest BCUT2D eigenvalue weighted by Crippen LogP contribution is -2.31. The normalized spacial score (nSPS) is 12.2. The molecule has 0 fully saturated rings. The largest absolute Gasteiger partial charge is 0.379 e. The van der Waals surface area contributed by atoms with Gasteiger partial charge in [-0.3, -0.25) is 10.1 Å². The fourth-order valence-corrected chi connectivity index (χ4v) is 1.73. The number of nitrogens with zero attached hydrogens (tertiary/aromatic N) is 2. The highest BCUT2D eigenvalue weighted by molar-refractivity contribution is 5.76. The van der Waals surface area contributed by atoms with Crippen LogP contribution in [-0.4, -0.2) is 43.0 Å². The van der Waals surface area contributed by atoms with Crippen molar-refractivity contribution in [3.05, 3.63) is 28.3 Å². The summed E-state index contributed by atoms with van der Waals surface area (Å²) in [5.41, 5.74) is 1.25. The van der Waals surface area contributed by atoms with Crippen LogP contribution in [0.1, 0.15) is 20.3 Å². The zero-order valence-corrected chi connectivity index (χ0v) is 12.6. The number of nitrogens with one attached hydrogen (secondary N) is 2. The summed E-state index contributed by atoms with van der Waals surface area (Å²) in [4.78, 5) is 13.0. The Labute approximate surface area is 120 Å². The van der Waals surface area contributed by atoms with Gasteiger partial charge in [-0.25, -0.2) is 0 Å². The molecular weight excluding hydrogens is 256 g/mol. The predicted octanol–water partition coefficient (Wildman–Crippen LogP) is 2.78. The number of benzene rings is 1. The molecule has 112 valence electrons. The van der Waals surface area contributed by atoms with Gasteiger partial charge in [-0.15, -0.1) is 0 Å². The first-order valence-electron chi connectivity index (χ1n) is 6.89. The molecule has 1 aromatic rings. The van der Waals surface area contributed by atoms with Crippen molar-refractivity contribution in [3.8, 4) is 0 Å². The smallest absolute Gasteiger partial charge is 0.315 e. The molecule has 1 rings (SSSR count). The molecule has 0 aliphatic carbocycles. The number of nitro groups is 1. The molecule has 0 saturated carbocycles. The van der Waals surface area contributed by atoms with E-state index < -0.39 is 0 Å². The van der Waals surface area contributed by atoms with Gasteiger partial charge in [0, 0.05) is 19.1 Å². The predicted molar refractivity (Wildman–Crippen MR) is 83.5 cm³/mol. The van der Waals surface area contributed by atoms with Crippen molar-refractivity contribution in [1.29, 1.82) is 0 Å². The van der Waals surface area contributed by atoms with Crippen molar-refractivity contribution in [2.24, 2.45) is 0 Å². The van der Waals surface area contributed by atoms with Gasteiger partial charge >= 0.3 is 5.69 Å². The summed E-state index contributed by atoms with van der Waals surface area (Å²) in [5.74, 6) is 0. The number of likely N-dealkylation sites (N-methyl/N-ethyl adjacent to an activating group) is 1. The van der Waals surface area contributed by atoms with E-state index in [0.29, 0.717) is 24.0 Å². The van der Waals surface area contributed by atoms with Crippen molar-refractivity contribution in [1.82, 2.24) is 4.90 Å². The second kappa shape index (κ2) is 7.69. The SMILES string of the molecule is CCCNc1cccc(NCC(C)N(C)C)c1[N+](=O)[O-]. The number of hydrogen-bond donors (Lipinski definition) is 2. The van der Waals surface area contributed by atoms with E-state index >= 15 is 0 Å². The van der Waals surface area contributed by atoms with E-state index in [4.69, 9.17) is 0 Å². The molecule has 20 heavy (non-hydrogen) atoms. The Morgan fingerprint density at radius 3 is 2.40 bits per heavy atom. The number of para-hydroxylation sites is 1. The standard InChI is InChI=1S/C14H24N4O2/c1-5-9-15-12-7-6-8-13(14(12)18(19)20)16-10-11(2)17(3)4/h6-8,11,15-16H,5,9-10H2,1-4H3. The van der Waals surface area contributed by atoms with Crippen LogP contribution in [0.4, 0.5) is 17.1 Å². The number of rotatable bonds is 8. The van der Waals surface area contributed by atoms with Gasteiger partial charge in [0.1, 0.15) is 11.4 Å². The average Bonchev–Trinajstić information content (AvgIpc) is 2.41. The summed E-state index contributed by atoms with van der Waals surface area (Å²) in [6, 6.07) is 5.61. The topological polar surface area (TPSA) is 70.4 Å². The Kier molecular flexibility index (Phi) is 6.24. The molecule has 0 aliphatic rings. The van der Waals surface area contributed by atoms with E-state index in [1.54, 1.807) is 12.1 Å². The van der Waals surface area contributed by atoms with E-state index in [9.17, 15) is 10.1 Å². The van der Waals surface area contributed by atoms with Crippen LogP contribution < -0.4 is 10.6 Å². The molecule has 0 heterocycles. The minimum Gasteiger partial charge on any atom is -0.379 e. The monoisotopic (exact) mass is 280 g/mol. The van der Waals surface area contributed by atoms with Gasteiger partial charge in [0.2, 0.25) is 0 Å². The molecule has 0 aromatic heterocycles. The molecule has 0 aliphatic heterocycles. The summed E-state index contributed by atoms with van der Waals surface area (Å²) in [7, 11) is 3.97. The molecule has 1 aromatic carbocycles. The van der Waals surface area contributed by atoms with E-state index in [1.807, 2.05) is 27.1 Å². The molecule has 2 N–H and O–H groups in total. The maximum atomic E-state index is 11.3. The lowest BCUT2D eigenvalue weighted by atomic mass is 10.2. The minimum absolute atomic E-state index is 0.118. The van der Waals surface area contributed by atoms with E-state index in [1.165, 1.54) is 0 Å². The summed E-state index contributed by atoms with van der Waals surface area (Å²) in [6.07, 6.45) is 0.923. The van der Waals surface area contributed by atoms with Gasteiger partial charge in [0.15, 0.2) is 0 Å². The Hall–Kier alpha value is -1.82. The number of anilines is 2. The molecule has 1 unspecified atom stereocenters. The minimum atomic E-state index is -0.333. The van der Waals surface area contributed by atoms with Gasteiger partial charge in [-0.2, -0.15) is 0 Å². The molecule has 0 radical (unpaired) electrons. The summed E-state index contributed by atoms with van der Waals surface area (Å²) >= 11 is 0. The van der Waals surface area contributed by atoms with Gasteiger partial charge in [-0.05, 0) is 39.6 Å². The Morgan fingerprint density at radius 1 is 1.30 bits per heavy atom. The second-order valence-electron chi connectivity index (χ2n) is 5.08. The van der Waals surface area contributed by atoms with Crippen LogP contribution in [0.5, 0.6) is 0 Å². The fraction of sp³-hybridized carbons (Fsp3) is 0.571. The molecule has 0 saturated heterocycles. The van der Waals surface area contributed by atoms with Crippen LogP contribution in [0.15, 0.2) is 18.2 Å². The zero-order chi connectivity index (χ0) is 15.1. The fourth-order valence-electron chi connectivity index (χ4n) is 1.73. The average molecular weight is 280 g/mol. The molecule has 6 nitrogen and oxygen atoms in total. The summed E-state index contributed by atoms with van der Waals surface area (Å²) in [5, 5.41) is 17.6. The lowest BCUT2D eigenvalue weighted by molar-refractivity contribution is -0.383. The maximum Gasteiger partial charge on any atom is 0.315 e. The first-order chi connectivity index (χ1) is 9.47. The zero-order valence-electron chi connectivity index (χ0n) is 12.6. The third kappa shape index (κ3) is 4.38. The molecule has 0 amide bonds. The summed E-state index contributed by atoms with van der Waals surface area (Å²) in [6.45, 7) is 5.47. The molecule has 0 bridgehead atoms. The molecule has 6 heteroatoms. The van der Waals surface area contributed by atoms with Crippen molar-refractivity contribution in [2.45, 2.75) is 26.3 Å². The van der Waals surface area contributed by atoms with Crippen LogP contribution in [0, 0.1) is 10.1 Å². The maximum absolute atomic E-state index is 11.3. The highest BCUT2D eigenvalue weighted by Gasteiger charge is 2.19. The van der Waals surface area contributed by atoms with Crippen LogP contribution in [0.25, 0.3) is 0 Å².